The molecule has 3 atom stereocenters. The molecule has 0 spiro atoms. The Bertz CT molecular complexity index is 1930. The molecule has 63 heavy (non-hydrogen) atoms. The van der Waals surface area contributed by atoms with E-state index in [0.717, 1.165) is 52.1 Å². The number of Topliss-reactive ketones (excluding diaryl/α,β-unsaturated/α-hetero) is 1. The maximum Gasteiger partial charge on any atom is 0.519 e. The van der Waals surface area contributed by atoms with Gasteiger partial charge in [-0.25, -0.2) is 19.2 Å². The van der Waals surface area contributed by atoms with Crippen molar-refractivity contribution >= 4 is 35.6 Å². The number of allylic oxidation sites excluding steroid dienone is 1. The number of carbonyl (C=O) groups excluding carboxylic acids is 6. The largest absolute Gasteiger partial charge is 0.519 e. The van der Waals surface area contributed by atoms with Gasteiger partial charge in [-0.15, -0.1) is 5.92 Å². The Morgan fingerprint density at radius 1 is 0.889 bits per heavy atom. The maximum atomic E-state index is 14.5. The van der Waals surface area contributed by atoms with E-state index in [9.17, 15) is 38.7 Å². The molecule has 2 rings (SSSR count). The van der Waals surface area contributed by atoms with Gasteiger partial charge in [0, 0.05) is 19.3 Å². The van der Waals surface area contributed by atoms with Crippen molar-refractivity contribution < 1.29 is 66.4 Å². The SMILES string of the molecule is CC#CCOc1ccc(C[C@H](NC(=O)[C@@H](/C=C/CCCCCCC(=O)CCCCCCC)[C@](O)(CC(=O)OCc2oc(=O)oc2C)C(=O)OC(C)(C)C)C(=O)OCC(=O)OC)cc1. The van der Waals surface area contributed by atoms with E-state index in [1.165, 1.54) is 40.2 Å². The number of methoxy groups -OCH3 is 1. The van der Waals surface area contributed by atoms with E-state index < -0.39 is 78.4 Å². The van der Waals surface area contributed by atoms with E-state index in [1.807, 2.05) is 0 Å². The Morgan fingerprint density at radius 3 is 2.13 bits per heavy atom. The van der Waals surface area contributed by atoms with Crippen LogP contribution in [0.2, 0.25) is 0 Å². The molecular formula is C47H65NO15. The first kappa shape index (κ1) is 53.4. The van der Waals surface area contributed by atoms with Crippen LogP contribution in [0.4, 0.5) is 0 Å². The van der Waals surface area contributed by atoms with Gasteiger partial charge < -0.3 is 42.9 Å². The minimum absolute atomic E-state index is 0.0397. The topological polar surface area (TPSA) is 224 Å². The fourth-order valence-corrected chi connectivity index (χ4v) is 6.18. The summed E-state index contributed by atoms with van der Waals surface area (Å²) < 4.78 is 35.8. The highest BCUT2D eigenvalue weighted by molar-refractivity contribution is 5.96. The summed E-state index contributed by atoms with van der Waals surface area (Å²) in [5.74, 6) is -2.21. The minimum Gasteiger partial charge on any atom is -0.481 e. The van der Waals surface area contributed by atoms with Crippen molar-refractivity contribution in [3.05, 3.63) is 64.1 Å². The van der Waals surface area contributed by atoms with Gasteiger partial charge in [-0.2, -0.15) is 0 Å². The van der Waals surface area contributed by atoms with Crippen molar-refractivity contribution in [3.8, 4) is 17.6 Å². The van der Waals surface area contributed by atoms with Crippen molar-refractivity contribution in [2.24, 2.45) is 5.92 Å². The van der Waals surface area contributed by atoms with Crippen molar-refractivity contribution in [3.63, 3.8) is 0 Å². The number of nitrogens with one attached hydrogen (secondary N) is 1. The number of rotatable bonds is 29. The second-order valence-electron chi connectivity index (χ2n) is 16.1. The third-order valence-electron chi connectivity index (χ3n) is 9.64. The van der Waals surface area contributed by atoms with Gasteiger partial charge >= 0.3 is 29.7 Å². The van der Waals surface area contributed by atoms with E-state index in [-0.39, 0.29) is 30.3 Å². The smallest absolute Gasteiger partial charge is 0.481 e. The van der Waals surface area contributed by atoms with Crippen LogP contribution >= 0.6 is 0 Å². The number of hydrogen-bond donors (Lipinski definition) is 2. The van der Waals surface area contributed by atoms with E-state index >= 15 is 0 Å². The number of unbranched alkanes of at least 4 members (excludes halogenated alkanes) is 8. The summed E-state index contributed by atoms with van der Waals surface area (Å²) in [5, 5.41) is 14.8. The van der Waals surface area contributed by atoms with Crippen molar-refractivity contribution in [2.45, 2.75) is 155 Å². The quantitative estimate of drug-likeness (QED) is 0.0299. The van der Waals surface area contributed by atoms with Gasteiger partial charge in [0.25, 0.3) is 0 Å². The number of ketones is 1. The van der Waals surface area contributed by atoms with Gasteiger partial charge in [-0.3, -0.25) is 14.4 Å². The first-order valence-electron chi connectivity index (χ1n) is 21.5. The second-order valence-corrected chi connectivity index (χ2v) is 16.1. The lowest BCUT2D eigenvalue weighted by molar-refractivity contribution is -0.188. The fourth-order valence-electron chi connectivity index (χ4n) is 6.18. The monoisotopic (exact) mass is 883 g/mol. The molecule has 2 N–H and O–H groups in total. The third-order valence-corrected chi connectivity index (χ3v) is 9.64. The molecular weight excluding hydrogens is 819 g/mol. The molecule has 0 bridgehead atoms. The Morgan fingerprint density at radius 2 is 1.54 bits per heavy atom. The van der Waals surface area contributed by atoms with E-state index in [0.29, 0.717) is 37.0 Å². The molecule has 1 aromatic heterocycles. The first-order valence-corrected chi connectivity index (χ1v) is 21.5. The van der Waals surface area contributed by atoms with Crippen LogP contribution in [0, 0.1) is 24.7 Å². The minimum atomic E-state index is -2.92. The zero-order valence-corrected chi connectivity index (χ0v) is 37.8. The number of aliphatic hydroxyl groups is 1. The summed E-state index contributed by atoms with van der Waals surface area (Å²) in [5.41, 5.74) is -3.60. The number of esters is 4. The molecule has 0 aliphatic carbocycles. The average molecular weight is 884 g/mol. The number of ether oxygens (including phenoxy) is 5. The molecule has 16 nitrogen and oxygen atoms in total. The maximum absolute atomic E-state index is 14.5. The zero-order chi connectivity index (χ0) is 46.8. The molecule has 0 unspecified atom stereocenters. The molecule has 1 heterocycles. The molecule has 16 heteroatoms. The molecule has 0 fully saturated rings. The van der Waals surface area contributed by atoms with Crippen LogP contribution in [0.3, 0.4) is 0 Å². The summed E-state index contributed by atoms with van der Waals surface area (Å²) >= 11 is 0. The van der Waals surface area contributed by atoms with Crippen molar-refractivity contribution in [1.29, 1.82) is 0 Å². The summed E-state index contributed by atoms with van der Waals surface area (Å²) in [6.07, 6.45) is 11.3. The van der Waals surface area contributed by atoms with Gasteiger partial charge in [-0.1, -0.05) is 75.7 Å². The zero-order valence-electron chi connectivity index (χ0n) is 37.8. The van der Waals surface area contributed by atoms with Crippen molar-refractivity contribution in [2.75, 3.05) is 20.3 Å². The lowest BCUT2D eigenvalue weighted by Crippen LogP contribution is -2.57. The third kappa shape index (κ3) is 20.8. The van der Waals surface area contributed by atoms with Crippen LogP contribution < -0.4 is 15.9 Å². The molecule has 0 aliphatic heterocycles. The lowest BCUT2D eigenvalue weighted by atomic mass is 9.82. The van der Waals surface area contributed by atoms with Gasteiger partial charge in [-0.05, 0) is 78.0 Å². The Hall–Kier alpha value is -5.69. The lowest BCUT2D eigenvalue weighted by Gasteiger charge is -2.34. The number of hydrogen-bond acceptors (Lipinski definition) is 15. The van der Waals surface area contributed by atoms with Crippen LogP contribution in [0.1, 0.15) is 135 Å². The number of amides is 1. The first-order chi connectivity index (χ1) is 29.9. The predicted octanol–water partition coefficient (Wildman–Crippen LogP) is 6.34. The highest BCUT2D eigenvalue weighted by Crippen LogP contribution is 2.30. The molecule has 348 valence electrons. The van der Waals surface area contributed by atoms with E-state index in [1.54, 1.807) is 37.3 Å². The molecule has 0 aliphatic rings. The average Bonchev–Trinajstić information content (AvgIpc) is 3.56. The van der Waals surface area contributed by atoms with Crippen LogP contribution in [0.25, 0.3) is 0 Å². The molecule has 0 radical (unpaired) electrons. The fraction of sp³-hybridized carbons (Fsp3) is 0.596. The molecule has 0 saturated heterocycles. The summed E-state index contributed by atoms with van der Waals surface area (Å²) in [6, 6.07) is 5.05. The van der Waals surface area contributed by atoms with E-state index in [4.69, 9.17) is 27.8 Å². The molecule has 1 amide bonds. The standard InChI is InChI=1S/C47H65NO15/c1-8-10-12-15-18-21-35(49)22-19-16-13-14-17-20-23-37(47(56,44(54)63-46(4,5)6)30-40(50)59-31-39-33(3)61-45(55)62-39)42(52)48-38(43(53)60-32-41(51)57-7)29-34-24-26-36(27-25-34)58-28-11-9-2/h20,23-27,37-38,56H,8,10,12-19,21-22,28-32H2,1-7H3,(H,48,52)/b23-20+/t37-,38+,47-/m1/s1. The van der Waals surface area contributed by atoms with Gasteiger partial charge in [0.1, 0.15) is 29.8 Å². The highest BCUT2D eigenvalue weighted by atomic mass is 16.6. The summed E-state index contributed by atoms with van der Waals surface area (Å²) in [4.78, 5) is 91.1. The van der Waals surface area contributed by atoms with Gasteiger partial charge in [0.05, 0.1) is 19.4 Å². The Kier molecular flexibility index (Phi) is 23.8. The van der Waals surface area contributed by atoms with Gasteiger partial charge in [0.2, 0.25) is 5.91 Å². The number of aryl methyl sites for hydroxylation is 1. The second kappa shape index (κ2) is 28.1. The normalized spacial score (nSPS) is 13.1. The Labute approximate surface area is 369 Å². The van der Waals surface area contributed by atoms with Gasteiger partial charge in [0.15, 0.2) is 30.3 Å². The molecule has 0 saturated carbocycles. The number of benzene rings is 1. The molecule has 1 aromatic carbocycles. The van der Waals surface area contributed by atoms with E-state index in [2.05, 4.69) is 28.8 Å². The van der Waals surface area contributed by atoms with Crippen LogP contribution in [0.5, 0.6) is 5.75 Å². The van der Waals surface area contributed by atoms with Crippen LogP contribution in [0.15, 0.2) is 50.0 Å². The molecule has 2 aromatic rings. The van der Waals surface area contributed by atoms with Crippen LogP contribution in [-0.4, -0.2) is 78.2 Å². The summed E-state index contributed by atoms with van der Waals surface area (Å²) in [7, 11) is 1.11. The summed E-state index contributed by atoms with van der Waals surface area (Å²) in [6.45, 7) is 8.60. The Balaban J connectivity index is 2.42. The van der Waals surface area contributed by atoms with Crippen molar-refractivity contribution in [1.82, 2.24) is 5.32 Å². The number of carbonyl (C=O) groups is 6. The van der Waals surface area contributed by atoms with Crippen LogP contribution in [-0.2, 0) is 60.7 Å². The highest BCUT2D eigenvalue weighted by Gasteiger charge is 2.51. The predicted molar refractivity (Wildman–Crippen MR) is 230 cm³/mol.